The summed E-state index contributed by atoms with van der Waals surface area (Å²) in [4.78, 5) is 79.0. The quantitative estimate of drug-likeness (QED) is 0.0779. The number of phosphoric acid groups is 3. The zero-order valence-corrected chi connectivity index (χ0v) is 24.5. The zero-order chi connectivity index (χ0) is 34.4. The van der Waals surface area contributed by atoms with Crippen LogP contribution in [0.3, 0.4) is 0 Å². The number of hydrogen-bond acceptors (Lipinski definition) is 19. The molecule has 0 aliphatic carbocycles. The number of anilines is 1. The zero-order valence-electron chi connectivity index (χ0n) is 21.8. The summed E-state index contributed by atoms with van der Waals surface area (Å²) >= 11 is 0. The van der Waals surface area contributed by atoms with E-state index >= 15 is 0 Å². The molecule has 0 spiro atoms. The van der Waals surface area contributed by atoms with Gasteiger partial charge in [-0.3, -0.25) is 39.4 Å². The first kappa shape index (κ1) is 34.8. The molecule has 4 rings (SSSR count). The molecule has 0 radical (unpaired) electrons. The van der Waals surface area contributed by atoms with Crippen LogP contribution < -0.4 is 10.5 Å². The maximum absolute atomic E-state index is 12.6. The van der Waals surface area contributed by atoms with E-state index in [0.29, 0.717) is 12.1 Å². The van der Waals surface area contributed by atoms with Crippen molar-refractivity contribution in [3.05, 3.63) is 55.1 Å². The van der Waals surface area contributed by atoms with Gasteiger partial charge in [0.05, 0.1) is 21.1 Å². The van der Waals surface area contributed by atoms with E-state index in [0.717, 1.165) is 17.2 Å². The van der Waals surface area contributed by atoms with Gasteiger partial charge in [-0.15, -0.1) is 0 Å². The molecule has 1 fully saturated rings. The molecule has 0 saturated carbocycles. The van der Waals surface area contributed by atoms with Gasteiger partial charge in [-0.1, -0.05) is 0 Å². The molecule has 0 bridgehead atoms. The number of phosphoric ester groups is 1. The van der Waals surface area contributed by atoms with E-state index in [4.69, 9.17) is 29.5 Å². The predicted octanol–water partition coefficient (Wildman–Crippen LogP) is 0.182. The van der Waals surface area contributed by atoms with Crippen LogP contribution in [-0.2, 0) is 31.6 Å². The summed E-state index contributed by atoms with van der Waals surface area (Å²) < 4.78 is 59.3. The van der Waals surface area contributed by atoms with Crippen LogP contribution in [0.4, 0.5) is 22.9 Å². The molecule has 250 valence electrons. The Morgan fingerprint density at radius 3 is 2.17 bits per heavy atom. The third-order valence-electron chi connectivity index (χ3n) is 5.70. The van der Waals surface area contributed by atoms with E-state index in [-0.39, 0.29) is 17.0 Å². The summed E-state index contributed by atoms with van der Waals surface area (Å²) in [6, 6.07) is 1.13. The maximum atomic E-state index is 12.6. The first-order valence-electron chi connectivity index (χ1n) is 11.5. The van der Waals surface area contributed by atoms with Gasteiger partial charge in [-0.05, 0) is 6.07 Å². The highest BCUT2D eigenvalue weighted by molar-refractivity contribution is 7.66. The molecule has 1 aromatic carbocycles. The number of benzene rings is 1. The van der Waals surface area contributed by atoms with Gasteiger partial charge in [-0.2, -0.15) is 8.62 Å². The molecular weight excluding hydrogens is 701 g/mol. The minimum atomic E-state index is -6.04. The highest BCUT2D eigenvalue weighted by Crippen LogP contribution is 2.67. The third kappa shape index (κ3) is 7.47. The van der Waals surface area contributed by atoms with Crippen LogP contribution in [-0.4, -0.2) is 83.9 Å². The van der Waals surface area contributed by atoms with Crippen molar-refractivity contribution >= 4 is 57.5 Å². The Kier molecular flexibility index (Phi) is 9.52. The number of rotatable bonds is 13. The van der Waals surface area contributed by atoms with Gasteiger partial charge in [0.2, 0.25) is 5.75 Å². The molecule has 1 aliphatic heterocycles. The number of nitrogens with two attached hydrogens (primary N) is 1. The number of ether oxygens (including phenoxy) is 2. The largest absolute Gasteiger partial charge is 0.490 e. The minimum absolute atomic E-state index is 0.0174. The smallest absolute Gasteiger partial charge is 0.484 e. The molecule has 0 amide bonds. The van der Waals surface area contributed by atoms with Crippen molar-refractivity contribution < 1.29 is 75.8 Å². The van der Waals surface area contributed by atoms with Gasteiger partial charge in [0, 0.05) is 6.07 Å². The molecular formula is C16H17N8O19P3. The van der Waals surface area contributed by atoms with Crippen molar-refractivity contribution in [2.24, 2.45) is 0 Å². The Labute approximate surface area is 251 Å². The van der Waals surface area contributed by atoms with Gasteiger partial charge < -0.3 is 39.9 Å². The normalized spacial score (nSPS) is 22.6. The van der Waals surface area contributed by atoms with Crippen LogP contribution in [0.1, 0.15) is 6.23 Å². The highest BCUT2D eigenvalue weighted by atomic mass is 31.3. The molecule has 1 saturated heterocycles. The Bertz CT molecular complexity index is 1870. The van der Waals surface area contributed by atoms with Gasteiger partial charge in [0.15, 0.2) is 17.7 Å². The fraction of sp³-hybridized carbons (Fsp3) is 0.312. The average molecular weight is 718 g/mol. The number of hydrogen-bond donors (Lipinski definition) is 6. The number of nitro benzene ring substituents is 3. The summed E-state index contributed by atoms with van der Waals surface area (Å²) in [6.45, 7) is -1.06. The van der Waals surface area contributed by atoms with Crippen molar-refractivity contribution in [3.8, 4) is 5.75 Å². The average Bonchev–Trinajstić information content (AvgIpc) is 3.46. The number of imidazole rings is 1. The predicted molar refractivity (Wildman–Crippen MR) is 140 cm³/mol. The van der Waals surface area contributed by atoms with Crippen LogP contribution in [0, 0.1) is 30.3 Å². The number of nitrogen functional groups attached to an aromatic ring is 1. The molecule has 3 heterocycles. The van der Waals surface area contributed by atoms with Crippen molar-refractivity contribution in [2.45, 2.75) is 24.5 Å². The second-order valence-electron chi connectivity index (χ2n) is 8.66. The number of fused-ring (bicyclic) bond motifs is 1. The van der Waals surface area contributed by atoms with Crippen LogP contribution in [0.2, 0.25) is 0 Å². The minimum Gasteiger partial charge on any atom is -0.484 e. The Balaban J connectivity index is 1.71. The Morgan fingerprint density at radius 2 is 1.59 bits per heavy atom. The molecule has 1 aliphatic rings. The monoisotopic (exact) mass is 718 g/mol. The summed E-state index contributed by atoms with van der Waals surface area (Å²) in [5.41, 5.74) is 1.32. The van der Waals surface area contributed by atoms with Crippen LogP contribution >= 0.6 is 23.5 Å². The van der Waals surface area contributed by atoms with Crippen LogP contribution in [0.15, 0.2) is 24.8 Å². The Hall–Kier alpha value is -4.10. The molecule has 3 aromatic rings. The second kappa shape index (κ2) is 12.6. The Morgan fingerprint density at radius 1 is 0.935 bits per heavy atom. The number of aromatic nitrogens is 4. The van der Waals surface area contributed by atoms with E-state index in [1.165, 1.54) is 0 Å². The van der Waals surface area contributed by atoms with E-state index in [2.05, 4.69) is 23.6 Å². The lowest BCUT2D eigenvalue weighted by molar-refractivity contribution is -0.441. The molecule has 30 heteroatoms. The van der Waals surface area contributed by atoms with Gasteiger partial charge >= 0.3 is 40.5 Å². The number of nitrogens with zero attached hydrogens (tertiary/aromatic N) is 7. The van der Waals surface area contributed by atoms with E-state index < -0.39 is 92.2 Å². The highest BCUT2D eigenvalue weighted by Gasteiger charge is 2.52. The van der Waals surface area contributed by atoms with E-state index in [1.54, 1.807) is 0 Å². The molecule has 46 heavy (non-hydrogen) atoms. The summed E-state index contributed by atoms with van der Waals surface area (Å²) in [7, 11) is -17.8. The standard InChI is InChI=1S/C16H17N8O19P3/c17-14-9-15(19-4-18-14)21(5-20-9)16-12(25)13(41-45(35,36)43-46(37,38)42-44(32,33)34)8(40-16)3-39-7-2-1-6(22(26)27)10(23(28)29)11(7)24(30)31/h1-2,4-5,8,12-13,16,25H,3H2,(H,35,36)(H,37,38)(H2,17,18,19)(H2,32,33,34)/t8-,12-,13-,16-/m1/s1. The van der Waals surface area contributed by atoms with Crippen molar-refractivity contribution in [3.63, 3.8) is 0 Å². The first-order chi connectivity index (χ1) is 21.2. The summed E-state index contributed by atoms with van der Waals surface area (Å²) in [5, 5.41) is 45.4. The number of aliphatic hydroxyl groups is 1. The lowest BCUT2D eigenvalue weighted by Crippen LogP contribution is -2.36. The molecule has 2 aromatic heterocycles. The molecule has 6 atom stereocenters. The second-order valence-corrected chi connectivity index (χ2v) is 13.0. The topological polar surface area (TPSA) is 398 Å². The van der Waals surface area contributed by atoms with Crippen molar-refractivity contribution in [2.75, 3.05) is 12.3 Å². The van der Waals surface area contributed by atoms with Crippen LogP contribution in [0.25, 0.3) is 11.2 Å². The fourth-order valence-corrected chi connectivity index (χ4v) is 7.29. The fourth-order valence-electron chi connectivity index (χ4n) is 4.07. The molecule has 2 unspecified atom stereocenters. The SMILES string of the molecule is Nc1ncnc2c1ncn2[C@@H]1O[C@H](COc2ccc([N+](=O)[O-])c([N+](=O)[O-])c2[N+](=O)[O-])[C@@H](OP(=O)(O)OP(=O)(O)OP(=O)(O)O)[C@H]1O. The lowest BCUT2D eigenvalue weighted by atomic mass is 10.1. The van der Waals surface area contributed by atoms with Gasteiger partial charge in [0.25, 0.3) is 0 Å². The molecule has 27 nitrogen and oxygen atoms in total. The van der Waals surface area contributed by atoms with Crippen molar-refractivity contribution in [1.82, 2.24) is 19.5 Å². The van der Waals surface area contributed by atoms with Crippen molar-refractivity contribution in [1.29, 1.82) is 0 Å². The third-order valence-corrected chi connectivity index (χ3v) is 9.54. The summed E-state index contributed by atoms with van der Waals surface area (Å²) in [5.74, 6) is -1.08. The lowest BCUT2D eigenvalue weighted by Gasteiger charge is -2.24. The number of nitro groups is 3. The van der Waals surface area contributed by atoms with E-state index in [1.807, 2.05) is 0 Å². The summed E-state index contributed by atoms with van der Waals surface area (Å²) in [6.07, 6.45) is -5.88. The number of aliphatic hydroxyl groups excluding tert-OH is 1. The van der Waals surface area contributed by atoms with E-state index in [9.17, 15) is 58.9 Å². The maximum Gasteiger partial charge on any atom is 0.490 e. The van der Waals surface area contributed by atoms with Gasteiger partial charge in [0.1, 0.15) is 36.8 Å². The first-order valence-corrected chi connectivity index (χ1v) is 16.0. The van der Waals surface area contributed by atoms with Gasteiger partial charge in [-0.25, -0.2) is 28.6 Å². The molecule has 7 N–H and O–H groups in total. The van der Waals surface area contributed by atoms with Crippen LogP contribution in [0.5, 0.6) is 5.75 Å².